The van der Waals surface area contributed by atoms with E-state index in [-0.39, 0.29) is 5.91 Å². The molecule has 0 spiro atoms. The summed E-state index contributed by atoms with van der Waals surface area (Å²) in [6.45, 7) is 0.329. The van der Waals surface area contributed by atoms with E-state index in [0.29, 0.717) is 26.7 Å². The van der Waals surface area contributed by atoms with E-state index in [0.717, 1.165) is 31.9 Å². The number of amides is 1. The Morgan fingerprint density at radius 2 is 1.88 bits per heavy atom. The van der Waals surface area contributed by atoms with Gasteiger partial charge in [-0.2, -0.15) is 0 Å². The van der Waals surface area contributed by atoms with E-state index in [2.05, 4.69) is 32.9 Å². The second-order valence-electron chi connectivity index (χ2n) is 6.89. The smallest absolute Gasteiger partial charge is 0.264 e. The van der Waals surface area contributed by atoms with Crippen LogP contribution < -0.4 is 14.8 Å². The van der Waals surface area contributed by atoms with E-state index in [1.165, 1.54) is 11.8 Å². The molecule has 3 aromatic rings. The SMILES string of the molecule is COc1ccc(N=C2NC(=O)/C(=C\c3ccc(OCc4ccc(Cl)cc4Cl)c(I)c3)S2)cc1. The summed E-state index contributed by atoms with van der Waals surface area (Å²) < 4.78 is 12.0. The van der Waals surface area contributed by atoms with Crippen LogP contribution in [0.25, 0.3) is 6.08 Å². The number of nitrogens with zero attached hydrogens (tertiary/aromatic N) is 1. The number of benzene rings is 3. The van der Waals surface area contributed by atoms with Crippen LogP contribution in [0.3, 0.4) is 0 Å². The van der Waals surface area contributed by atoms with Gasteiger partial charge in [0.25, 0.3) is 5.91 Å². The lowest BCUT2D eigenvalue weighted by Gasteiger charge is -2.10. The van der Waals surface area contributed by atoms with E-state index in [1.807, 2.05) is 54.6 Å². The molecular formula is C24H17Cl2IN2O3S. The molecule has 5 nitrogen and oxygen atoms in total. The molecule has 3 aromatic carbocycles. The Kier molecular flexibility index (Phi) is 7.85. The van der Waals surface area contributed by atoms with Crippen molar-refractivity contribution in [2.24, 2.45) is 4.99 Å². The van der Waals surface area contributed by atoms with Crippen LogP contribution in [0.15, 0.2) is 70.6 Å². The molecule has 4 rings (SSSR count). The first-order valence-electron chi connectivity index (χ1n) is 9.71. The van der Waals surface area contributed by atoms with Gasteiger partial charge in [-0.3, -0.25) is 4.79 Å². The van der Waals surface area contributed by atoms with Crippen molar-refractivity contribution < 1.29 is 14.3 Å². The number of methoxy groups -OCH3 is 1. The molecular weight excluding hydrogens is 594 g/mol. The molecule has 0 unspecified atom stereocenters. The summed E-state index contributed by atoms with van der Waals surface area (Å²) in [7, 11) is 1.61. The summed E-state index contributed by atoms with van der Waals surface area (Å²) in [5.74, 6) is 1.30. The summed E-state index contributed by atoms with van der Waals surface area (Å²) in [4.78, 5) is 17.5. The van der Waals surface area contributed by atoms with Crippen molar-refractivity contribution in [3.8, 4) is 11.5 Å². The number of carbonyl (C=O) groups excluding carboxylic acids is 1. The van der Waals surface area contributed by atoms with Crippen molar-refractivity contribution in [2.75, 3.05) is 7.11 Å². The molecule has 1 fully saturated rings. The van der Waals surface area contributed by atoms with Crippen molar-refractivity contribution in [1.82, 2.24) is 5.32 Å². The second kappa shape index (κ2) is 10.8. The summed E-state index contributed by atoms with van der Waals surface area (Å²) in [6.07, 6.45) is 1.83. The maximum absolute atomic E-state index is 12.4. The van der Waals surface area contributed by atoms with Gasteiger partial charge in [-0.1, -0.05) is 35.3 Å². The normalized spacial score (nSPS) is 15.7. The van der Waals surface area contributed by atoms with Gasteiger partial charge < -0.3 is 14.8 Å². The molecule has 0 aromatic heterocycles. The Morgan fingerprint density at radius 3 is 2.58 bits per heavy atom. The van der Waals surface area contributed by atoms with Gasteiger partial charge in [0, 0.05) is 15.6 Å². The van der Waals surface area contributed by atoms with Crippen LogP contribution in [-0.4, -0.2) is 18.2 Å². The van der Waals surface area contributed by atoms with E-state index in [9.17, 15) is 4.79 Å². The van der Waals surface area contributed by atoms with Crippen molar-refractivity contribution >= 4 is 80.4 Å². The molecule has 0 radical (unpaired) electrons. The van der Waals surface area contributed by atoms with Crippen LogP contribution in [0.1, 0.15) is 11.1 Å². The number of nitrogens with one attached hydrogen (secondary N) is 1. The summed E-state index contributed by atoms with van der Waals surface area (Å²) in [6, 6.07) is 18.4. The van der Waals surface area contributed by atoms with Gasteiger partial charge in [-0.05, 0) is 94.5 Å². The largest absolute Gasteiger partial charge is 0.497 e. The van der Waals surface area contributed by atoms with Crippen LogP contribution in [0, 0.1) is 3.57 Å². The molecule has 168 valence electrons. The maximum atomic E-state index is 12.4. The molecule has 1 saturated heterocycles. The van der Waals surface area contributed by atoms with Gasteiger partial charge in [0.1, 0.15) is 18.1 Å². The number of hydrogen-bond donors (Lipinski definition) is 1. The third-order valence-corrected chi connectivity index (χ3v) is 6.95. The predicted molar refractivity (Wildman–Crippen MR) is 144 cm³/mol. The standard InChI is InChI=1S/C24H17Cl2IN2O3S/c1-31-18-7-5-17(6-8-18)28-24-29-23(30)22(33-24)11-14-2-9-21(20(27)10-14)32-13-15-3-4-16(25)12-19(15)26/h2-12H,13H2,1H3,(H,28,29,30)/b22-11+. The first-order valence-corrected chi connectivity index (χ1v) is 12.4. The van der Waals surface area contributed by atoms with Crippen LogP contribution in [0.2, 0.25) is 10.0 Å². The lowest BCUT2D eigenvalue weighted by atomic mass is 10.2. The number of thioether (sulfide) groups is 1. The Morgan fingerprint density at radius 1 is 1.09 bits per heavy atom. The lowest BCUT2D eigenvalue weighted by Crippen LogP contribution is -2.19. The molecule has 1 aliphatic heterocycles. The fourth-order valence-corrected chi connectivity index (χ4v) is 4.92. The molecule has 0 aliphatic carbocycles. The Hall–Kier alpha value is -2.20. The molecule has 33 heavy (non-hydrogen) atoms. The highest BCUT2D eigenvalue weighted by atomic mass is 127. The number of aliphatic imine (C=N–C) groups is 1. The molecule has 1 heterocycles. The summed E-state index contributed by atoms with van der Waals surface area (Å²) >= 11 is 15.7. The Bertz CT molecular complexity index is 1260. The molecule has 1 N–H and O–H groups in total. The fraction of sp³-hybridized carbons (Fsp3) is 0.0833. The van der Waals surface area contributed by atoms with Crippen LogP contribution >= 0.6 is 57.6 Å². The maximum Gasteiger partial charge on any atom is 0.264 e. The quantitative estimate of drug-likeness (QED) is 0.239. The number of rotatable bonds is 6. The predicted octanol–water partition coefficient (Wildman–Crippen LogP) is 7.08. The number of hydrogen-bond acceptors (Lipinski definition) is 5. The average Bonchev–Trinajstić information content (AvgIpc) is 3.13. The number of ether oxygens (including phenoxy) is 2. The van der Waals surface area contributed by atoms with Crippen molar-refractivity contribution in [1.29, 1.82) is 0 Å². The number of amidine groups is 1. The van der Waals surface area contributed by atoms with Gasteiger partial charge in [0.05, 0.1) is 21.3 Å². The van der Waals surface area contributed by atoms with Crippen molar-refractivity contribution in [3.05, 3.63) is 90.3 Å². The van der Waals surface area contributed by atoms with Gasteiger partial charge >= 0.3 is 0 Å². The van der Waals surface area contributed by atoms with Crippen molar-refractivity contribution in [2.45, 2.75) is 6.61 Å². The topological polar surface area (TPSA) is 59.9 Å². The first kappa shape index (κ1) is 23.9. The number of halogens is 3. The lowest BCUT2D eigenvalue weighted by molar-refractivity contribution is -0.115. The highest BCUT2D eigenvalue weighted by molar-refractivity contribution is 14.1. The molecule has 1 amide bonds. The minimum Gasteiger partial charge on any atom is -0.497 e. The third kappa shape index (κ3) is 6.23. The summed E-state index contributed by atoms with van der Waals surface area (Å²) in [5.41, 5.74) is 2.47. The zero-order valence-corrected chi connectivity index (χ0v) is 21.8. The Balaban J connectivity index is 1.44. The molecule has 0 saturated carbocycles. The van der Waals surface area contributed by atoms with E-state index >= 15 is 0 Å². The molecule has 0 bridgehead atoms. The molecule has 9 heteroatoms. The Labute approximate surface area is 219 Å². The highest BCUT2D eigenvalue weighted by Crippen LogP contribution is 2.31. The highest BCUT2D eigenvalue weighted by Gasteiger charge is 2.24. The molecule has 1 aliphatic rings. The fourth-order valence-electron chi connectivity index (χ4n) is 2.92. The number of carbonyl (C=O) groups is 1. The first-order chi connectivity index (χ1) is 15.9. The minimum absolute atomic E-state index is 0.181. The zero-order chi connectivity index (χ0) is 23.4. The third-order valence-electron chi connectivity index (χ3n) is 4.61. The van der Waals surface area contributed by atoms with Crippen LogP contribution in [-0.2, 0) is 11.4 Å². The van der Waals surface area contributed by atoms with Gasteiger partial charge in [0.15, 0.2) is 5.17 Å². The van der Waals surface area contributed by atoms with Gasteiger partial charge in [-0.25, -0.2) is 4.99 Å². The second-order valence-corrected chi connectivity index (χ2v) is 9.93. The van der Waals surface area contributed by atoms with Gasteiger partial charge in [-0.15, -0.1) is 0 Å². The minimum atomic E-state index is -0.181. The zero-order valence-electron chi connectivity index (χ0n) is 17.3. The van der Waals surface area contributed by atoms with Crippen LogP contribution in [0.4, 0.5) is 5.69 Å². The van der Waals surface area contributed by atoms with E-state index in [1.54, 1.807) is 19.2 Å². The van der Waals surface area contributed by atoms with Gasteiger partial charge in [0.2, 0.25) is 0 Å². The monoisotopic (exact) mass is 610 g/mol. The van der Waals surface area contributed by atoms with Crippen LogP contribution in [0.5, 0.6) is 11.5 Å². The van der Waals surface area contributed by atoms with Crippen molar-refractivity contribution in [3.63, 3.8) is 0 Å². The van der Waals surface area contributed by atoms with E-state index in [4.69, 9.17) is 32.7 Å². The van der Waals surface area contributed by atoms with E-state index < -0.39 is 0 Å². The molecule has 0 atom stereocenters. The average molecular weight is 611 g/mol. The summed E-state index contributed by atoms with van der Waals surface area (Å²) in [5, 5.41) is 4.48.